The quantitative estimate of drug-likeness (QED) is 0.823. The number of hydrogen-bond donors (Lipinski definition) is 1. The van der Waals surface area contributed by atoms with Crippen molar-refractivity contribution in [1.29, 1.82) is 0 Å². The van der Waals surface area contributed by atoms with Crippen LogP contribution in [0, 0.1) is 5.92 Å². The van der Waals surface area contributed by atoms with E-state index in [-0.39, 0.29) is 11.8 Å². The lowest BCUT2D eigenvalue weighted by Gasteiger charge is -2.12. The van der Waals surface area contributed by atoms with Gasteiger partial charge in [0.2, 0.25) is 5.91 Å². The van der Waals surface area contributed by atoms with Crippen molar-refractivity contribution in [1.82, 2.24) is 5.32 Å². The molecular weight excluding hydrogens is 214 g/mol. The molecule has 0 bridgehead atoms. The molecule has 1 N–H and O–H groups in total. The first kappa shape index (κ1) is 13.6. The van der Waals surface area contributed by atoms with Crippen LogP contribution in [0.1, 0.15) is 32.3 Å². The van der Waals surface area contributed by atoms with E-state index < -0.39 is 0 Å². The van der Waals surface area contributed by atoms with E-state index in [9.17, 15) is 4.79 Å². The Hall–Kier alpha value is -1.51. The Labute approximate surface area is 103 Å². The molecule has 1 rings (SSSR count). The van der Waals surface area contributed by atoms with E-state index in [4.69, 9.17) is 4.74 Å². The molecule has 0 saturated carbocycles. The van der Waals surface area contributed by atoms with Gasteiger partial charge in [0.1, 0.15) is 5.75 Å². The van der Waals surface area contributed by atoms with Gasteiger partial charge in [-0.2, -0.15) is 0 Å². The molecule has 1 aromatic carbocycles. The lowest BCUT2D eigenvalue weighted by atomic mass is 10.1. The van der Waals surface area contributed by atoms with E-state index >= 15 is 0 Å². The van der Waals surface area contributed by atoms with Crippen molar-refractivity contribution in [3.63, 3.8) is 0 Å². The van der Waals surface area contributed by atoms with Gasteiger partial charge in [-0.15, -0.1) is 0 Å². The largest absolute Gasteiger partial charge is 0.496 e. The van der Waals surface area contributed by atoms with Crippen LogP contribution >= 0.6 is 0 Å². The van der Waals surface area contributed by atoms with E-state index in [2.05, 4.69) is 12.2 Å². The average Bonchev–Trinajstić information content (AvgIpc) is 2.36. The first-order chi connectivity index (χ1) is 8.19. The summed E-state index contributed by atoms with van der Waals surface area (Å²) in [6, 6.07) is 7.73. The minimum absolute atomic E-state index is 0.0784. The number of ether oxygens (including phenoxy) is 1. The van der Waals surface area contributed by atoms with Crippen LogP contribution in [0.15, 0.2) is 24.3 Å². The van der Waals surface area contributed by atoms with Crippen LogP contribution in [0.4, 0.5) is 0 Å². The molecule has 0 unspecified atom stereocenters. The van der Waals surface area contributed by atoms with Crippen LogP contribution in [0.25, 0.3) is 0 Å². The summed E-state index contributed by atoms with van der Waals surface area (Å²) in [5.41, 5.74) is 1.01. The minimum Gasteiger partial charge on any atom is -0.496 e. The topological polar surface area (TPSA) is 38.3 Å². The highest BCUT2D eigenvalue weighted by atomic mass is 16.5. The molecule has 0 aliphatic heterocycles. The van der Waals surface area contributed by atoms with E-state index in [1.165, 1.54) is 0 Å². The van der Waals surface area contributed by atoms with Gasteiger partial charge in [-0.3, -0.25) is 4.79 Å². The van der Waals surface area contributed by atoms with Crippen LogP contribution in [0.3, 0.4) is 0 Å². The molecule has 0 heterocycles. The first-order valence-electron chi connectivity index (χ1n) is 6.08. The summed E-state index contributed by atoms with van der Waals surface area (Å²) in [6.07, 6.45) is 1.96. The van der Waals surface area contributed by atoms with Crippen LogP contribution in [0.5, 0.6) is 5.75 Å². The predicted molar refractivity (Wildman–Crippen MR) is 68.9 cm³/mol. The van der Waals surface area contributed by atoms with Crippen LogP contribution in [-0.2, 0) is 11.3 Å². The van der Waals surface area contributed by atoms with E-state index in [0.717, 1.165) is 24.2 Å². The Morgan fingerprint density at radius 3 is 2.76 bits per heavy atom. The molecule has 0 radical (unpaired) electrons. The zero-order chi connectivity index (χ0) is 12.7. The summed E-state index contributed by atoms with van der Waals surface area (Å²) in [4.78, 5) is 11.8. The van der Waals surface area contributed by atoms with Gasteiger partial charge in [0.25, 0.3) is 0 Å². The Kier molecular flexibility index (Phi) is 5.53. The van der Waals surface area contributed by atoms with Crippen molar-refractivity contribution in [2.75, 3.05) is 7.11 Å². The Bertz CT molecular complexity index is 363. The Balaban J connectivity index is 2.52. The highest BCUT2D eigenvalue weighted by molar-refractivity contribution is 5.78. The molecule has 0 aliphatic carbocycles. The number of para-hydroxylation sites is 1. The maximum atomic E-state index is 11.8. The van der Waals surface area contributed by atoms with Crippen LogP contribution < -0.4 is 10.1 Å². The maximum Gasteiger partial charge on any atom is 0.223 e. The second-order valence-electron chi connectivity index (χ2n) is 4.22. The van der Waals surface area contributed by atoms with Crippen LogP contribution in [0.2, 0.25) is 0 Å². The third-order valence-electron chi connectivity index (χ3n) is 2.81. The molecule has 0 spiro atoms. The van der Waals surface area contributed by atoms with Crippen molar-refractivity contribution in [3.05, 3.63) is 29.8 Å². The zero-order valence-corrected chi connectivity index (χ0v) is 10.8. The molecule has 1 amide bonds. The number of carbonyl (C=O) groups excluding carboxylic acids is 1. The number of carbonyl (C=O) groups is 1. The maximum absolute atomic E-state index is 11.8. The fourth-order valence-electron chi connectivity index (χ4n) is 1.77. The third kappa shape index (κ3) is 4.10. The molecule has 17 heavy (non-hydrogen) atoms. The highest BCUT2D eigenvalue weighted by Gasteiger charge is 2.11. The van der Waals surface area contributed by atoms with Crippen molar-refractivity contribution in [3.8, 4) is 5.75 Å². The number of rotatable bonds is 6. The second-order valence-corrected chi connectivity index (χ2v) is 4.22. The Morgan fingerprint density at radius 1 is 1.41 bits per heavy atom. The smallest absolute Gasteiger partial charge is 0.223 e. The average molecular weight is 235 g/mol. The molecule has 0 aromatic heterocycles. The number of benzene rings is 1. The summed E-state index contributed by atoms with van der Waals surface area (Å²) in [5, 5.41) is 2.94. The van der Waals surface area contributed by atoms with E-state index in [1.54, 1.807) is 7.11 Å². The predicted octanol–water partition coefficient (Wildman–Crippen LogP) is 2.75. The molecule has 0 aliphatic rings. The van der Waals surface area contributed by atoms with Crippen molar-refractivity contribution >= 4 is 5.91 Å². The molecule has 1 atom stereocenters. The fraction of sp³-hybridized carbons (Fsp3) is 0.500. The van der Waals surface area contributed by atoms with Crippen molar-refractivity contribution in [2.24, 2.45) is 5.92 Å². The molecule has 0 saturated heterocycles. The Morgan fingerprint density at radius 2 is 2.12 bits per heavy atom. The van der Waals surface area contributed by atoms with Crippen molar-refractivity contribution < 1.29 is 9.53 Å². The number of nitrogens with one attached hydrogen (secondary N) is 1. The lowest BCUT2D eigenvalue weighted by Crippen LogP contribution is -2.28. The minimum atomic E-state index is 0.0784. The summed E-state index contributed by atoms with van der Waals surface area (Å²) in [6.45, 7) is 4.57. The molecule has 3 nitrogen and oxygen atoms in total. The first-order valence-corrected chi connectivity index (χ1v) is 6.08. The van der Waals surface area contributed by atoms with Crippen molar-refractivity contribution in [2.45, 2.75) is 33.2 Å². The molecular formula is C14H21NO2. The lowest BCUT2D eigenvalue weighted by molar-refractivity contribution is -0.124. The fourth-order valence-corrected chi connectivity index (χ4v) is 1.77. The summed E-state index contributed by atoms with van der Waals surface area (Å²) in [7, 11) is 1.64. The second kappa shape index (κ2) is 6.94. The molecule has 1 aromatic rings. The SMILES string of the molecule is CCC[C@H](C)C(=O)NCc1ccccc1OC. The normalized spacial score (nSPS) is 11.9. The van der Waals surface area contributed by atoms with Gasteiger partial charge < -0.3 is 10.1 Å². The van der Waals surface area contributed by atoms with Gasteiger partial charge in [-0.25, -0.2) is 0 Å². The number of hydrogen-bond acceptors (Lipinski definition) is 2. The summed E-state index contributed by atoms with van der Waals surface area (Å²) < 4.78 is 5.23. The summed E-state index contributed by atoms with van der Waals surface area (Å²) >= 11 is 0. The molecule has 0 fully saturated rings. The monoisotopic (exact) mass is 235 g/mol. The van der Waals surface area contributed by atoms with Crippen LogP contribution in [-0.4, -0.2) is 13.0 Å². The van der Waals surface area contributed by atoms with E-state index in [0.29, 0.717) is 6.54 Å². The van der Waals surface area contributed by atoms with Gasteiger partial charge >= 0.3 is 0 Å². The van der Waals surface area contributed by atoms with E-state index in [1.807, 2.05) is 31.2 Å². The molecule has 94 valence electrons. The zero-order valence-electron chi connectivity index (χ0n) is 10.8. The third-order valence-corrected chi connectivity index (χ3v) is 2.81. The van der Waals surface area contributed by atoms with Gasteiger partial charge in [0, 0.05) is 18.0 Å². The standard InChI is InChI=1S/C14H21NO2/c1-4-7-11(2)14(16)15-10-12-8-5-6-9-13(12)17-3/h5-6,8-9,11H,4,7,10H2,1-3H3,(H,15,16)/t11-/m0/s1. The number of methoxy groups -OCH3 is 1. The van der Waals surface area contributed by atoms with Gasteiger partial charge in [0.15, 0.2) is 0 Å². The number of amides is 1. The van der Waals surface area contributed by atoms with Gasteiger partial charge in [-0.05, 0) is 12.5 Å². The van der Waals surface area contributed by atoms with Gasteiger partial charge in [-0.1, -0.05) is 38.5 Å². The molecule has 3 heteroatoms. The highest BCUT2D eigenvalue weighted by Crippen LogP contribution is 2.17. The summed E-state index contributed by atoms with van der Waals surface area (Å²) in [5.74, 6) is 1.00. The van der Waals surface area contributed by atoms with Gasteiger partial charge in [0.05, 0.1) is 7.11 Å².